The third-order valence-corrected chi connectivity index (χ3v) is 6.13. The van der Waals surface area contributed by atoms with Gasteiger partial charge in [0, 0.05) is 22.6 Å². The lowest BCUT2D eigenvalue weighted by Gasteiger charge is -2.17. The Kier molecular flexibility index (Phi) is 4.21. The van der Waals surface area contributed by atoms with Gasteiger partial charge in [0.25, 0.3) is 0 Å². The second kappa shape index (κ2) is 7.24. The molecule has 1 unspecified atom stereocenters. The average Bonchev–Trinajstić information content (AvgIpc) is 3.33. The number of benzene rings is 3. The van der Waals surface area contributed by atoms with Crippen LogP contribution in [0.5, 0.6) is 0 Å². The van der Waals surface area contributed by atoms with Crippen molar-refractivity contribution in [1.29, 1.82) is 0 Å². The van der Waals surface area contributed by atoms with Gasteiger partial charge in [-0.1, -0.05) is 42.5 Å². The highest BCUT2D eigenvalue weighted by Crippen LogP contribution is 2.37. The van der Waals surface area contributed by atoms with Crippen LogP contribution in [0.25, 0.3) is 22.4 Å². The van der Waals surface area contributed by atoms with Crippen molar-refractivity contribution in [2.75, 3.05) is 0 Å². The summed E-state index contributed by atoms with van der Waals surface area (Å²) in [5.41, 5.74) is 5.25. The fourth-order valence-electron chi connectivity index (χ4n) is 4.46. The van der Waals surface area contributed by atoms with Crippen molar-refractivity contribution < 1.29 is 9.21 Å². The zero-order valence-electron chi connectivity index (χ0n) is 17.1. The molecule has 5 heteroatoms. The van der Waals surface area contributed by atoms with Gasteiger partial charge in [-0.05, 0) is 54.8 Å². The molecule has 0 saturated heterocycles. The third-order valence-electron chi connectivity index (χ3n) is 6.13. The number of para-hydroxylation sites is 2. The van der Waals surface area contributed by atoms with Crippen LogP contribution in [0.2, 0.25) is 0 Å². The maximum Gasteiger partial charge on any atom is 0.347 e. The van der Waals surface area contributed by atoms with Gasteiger partial charge in [-0.3, -0.25) is 4.79 Å². The van der Waals surface area contributed by atoms with Crippen LogP contribution in [0.15, 0.2) is 98.6 Å². The minimum absolute atomic E-state index is 0.0213. The van der Waals surface area contributed by atoms with Gasteiger partial charge in [0.2, 0.25) is 5.89 Å². The Labute approximate surface area is 183 Å². The predicted molar refractivity (Wildman–Crippen MR) is 123 cm³/mol. The van der Waals surface area contributed by atoms with Crippen LogP contribution in [-0.2, 0) is 0 Å². The molecule has 1 aliphatic heterocycles. The first-order valence-electron chi connectivity index (χ1n) is 10.6. The van der Waals surface area contributed by atoms with Crippen LogP contribution >= 0.6 is 0 Å². The van der Waals surface area contributed by atoms with Crippen molar-refractivity contribution in [2.24, 2.45) is 10.9 Å². The molecule has 0 N–H and O–H groups in total. The number of hydrogen-bond donors (Lipinski definition) is 0. The quantitative estimate of drug-likeness (QED) is 0.430. The van der Waals surface area contributed by atoms with Gasteiger partial charge in [0.1, 0.15) is 0 Å². The fraction of sp³-hybridized carbons (Fsp3) is 0.111. The molecule has 2 bridgehead atoms. The van der Waals surface area contributed by atoms with E-state index in [9.17, 15) is 9.59 Å². The molecule has 4 aromatic rings. The van der Waals surface area contributed by atoms with Gasteiger partial charge in [0.05, 0.1) is 22.3 Å². The molecule has 0 spiro atoms. The summed E-state index contributed by atoms with van der Waals surface area (Å²) in [6.45, 7) is 0. The molecular weight excluding hydrogens is 400 g/mol. The van der Waals surface area contributed by atoms with E-state index in [1.165, 1.54) is 0 Å². The van der Waals surface area contributed by atoms with Crippen molar-refractivity contribution in [3.8, 4) is 11.5 Å². The highest BCUT2D eigenvalue weighted by atomic mass is 16.4. The van der Waals surface area contributed by atoms with Crippen LogP contribution in [0, 0.1) is 5.92 Å². The molecule has 32 heavy (non-hydrogen) atoms. The monoisotopic (exact) mass is 418 g/mol. The zero-order valence-corrected chi connectivity index (χ0v) is 17.1. The van der Waals surface area contributed by atoms with E-state index < -0.39 is 5.63 Å². The summed E-state index contributed by atoms with van der Waals surface area (Å²) in [7, 11) is 0. The van der Waals surface area contributed by atoms with Crippen LogP contribution < -0.4 is 5.63 Å². The minimum atomic E-state index is -0.400. The topological polar surface area (TPSA) is 72.5 Å². The van der Waals surface area contributed by atoms with Crippen LogP contribution in [0.4, 0.5) is 5.69 Å². The van der Waals surface area contributed by atoms with Crippen molar-refractivity contribution in [3.63, 3.8) is 0 Å². The number of aromatic nitrogens is 1. The second-order valence-corrected chi connectivity index (χ2v) is 8.11. The molecule has 0 saturated carbocycles. The Balaban J connectivity index is 1.43. The largest absolute Gasteiger partial charge is 0.403 e. The molecule has 2 heterocycles. The first-order chi connectivity index (χ1) is 15.7. The van der Waals surface area contributed by atoms with Gasteiger partial charge in [-0.25, -0.2) is 14.8 Å². The third kappa shape index (κ3) is 3.02. The lowest BCUT2D eigenvalue weighted by Crippen LogP contribution is -2.16. The number of fused-ring (bicyclic) bond motifs is 4. The van der Waals surface area contributed by atoms with Crippen molar-refractivity contribution in [3.05, 3.63) is 106 Å². The molecule has 1 aliphatic carbocycles. The summed E-state index contributed by atoms with van der Waals surface area (Å²) in [4.78, 5) is 34.6. The first-order valence-corrected chi connectivity index (χ1v) is 10.6. The molecule has 154 valence electrons. The van der Waals surface area contributed by atoms with E-state index in [1.807, 2.05) is 54.6 Å². The van der Waals surface area contributed by atoms with E-state index in [-0.39, 0.29) is 17.6 Å². The smallest absolute Gasteiger partial charge is 0.347 e. The van der Waals surface area contributed by atoms with Gasteiger partial charge < -0.3 is 4.42 Å². The molecule has 0 fully saturated rings. The summed E-state index contributed by atoms with van der Waals surface area (Å²) in [6.07, 6.45) is 3.58. The van der Waals surface area contributed by atoms with E-state index in [0.29, 0.717) is 28.6 Å². The van der Waals surface area contributed by atoms with Crippen molar-refractivity contribution in [1.82, 2.24) is 4.98 Å². The molecule has 5 nitrogen and oxygen atoms in total. The SMILES string of the molecule is O=C1c2ccccc2N=C(c2ccc(-c3nc4ccccc4c(=O)o3)cc2)C2=CCC1C2. The summed E-state index contributed by atoms with van der Waals surface area (Å²) < 4.78 is 5.46. The molecule has 3 aromatic carbocycles. The number of carbonyl (C=O) groups excluding carboxylic acids is 1. The number of ketones is 1. The highest BCUT2D eigenvalue weighted by molar-refractivity contribution is 6.17. The van der Waals surface area contributed by atoms with E-state index in [2.05, 4.69) is 11.1 Å². The highest BCUT2D eigenvalue weighted by Gasteiger charge is 2.31. The summed E-state index contributed by atoms with van der Waals surface area (Å²) in [6, 6.07) is 22.4. The van der Waals surface area contributed by atoms with E-state index in [0.717, 1.165) is 28.8 Å². The van der Waals surface area contributed by atoms with E-state index in [1.54, 1.807) is 18.2 Å². The zero-order chi connectivity index (χ0) is 21.7. The number of nitrogens with zero attached hydrogens (tertiary/aromatic N) is 2. The molecule has 0 amide bonds. The van der Waals surface area contributed by atoms with E-state index in [4.69, 9.17) is 9.41 Å². The number of rotatable bonds is 2. The molecular formula is C27H18N2O3. The Morgan fingerprint density at radius 3 is 2.47 bits per heavy atom. The predicted octanol–water partition coefficient (Wildman–Crippen LogP) is 5.51. The molecule has 1 atom stereocenters. The van der Waals surface area contributed by atoms with Crippen LogP contribution in [0.1, 0.15) is 28.8 Å². The minimum Gasteiger partial charge on any atom is -0.403 e. The van der Waals surface area contributed by atoms with Gasteiger partial charge in [-0.2, -0.15) is 0 Å². The normalized spacial score (nSPS) is 17.4. The number of carbonyl (C=O) groups is 1. The molecule has 6 rings (SSSR count). The van der Waals surface area contributed by atoms with Gasteiger partial charge in [-0.15, -0.1) is 0 Å². The molecule has 2 aliphatic rings. The van der Waals surface area contributed by atoms with Crippen molar-refractivity contribution in [2.45, 2.75) is 12.8 Å². The van der Waals surface area contributed by atoms with Gasteiger partial charge >= 0.3 is 5.63 Å². The summed E-state index contributed by atoms with van der Waals surface area (Å²) >= 11 is 0. The molecule has 0 radical (unpaired) electrons. The maximum absolute atomic E-state index is 12.9. The lowest BCUT2D eigenvalue weighted by atomic mass is 9.90. The number of Topliss-reactive ketones (excluding diaryl/α,β-unsaturated/α-hetero) is 1. The van der Waals surface area contributed by atoms with Gasteiger partial charge in [0.15, 0.2) is 5.78 Å². The Morgan fingerprint density at radius 2 is 1.59 bits per heavy atom. The number of allylic oxidation sites excluding steroid dienone is 2. The average molecular weight is 418 g/mol. The summed E-state index contributed by atoms with van der Waals surface area (Å²) in [5.74, 6) is 0.436. The Morgan fingerprint density at radius 1 is 0.844 bits per heavy atom. The summed E-state index contributed by atoms with van der Waals surface area (Å²) in [5, 5.41) is 0.465. The Bertz CT molecular complexity index is 1510. The van der Waals surface area contributed by atoms with Crippen LogP contribution in [0.3, 0.4) is 0 Å². The lowest BCUT2D eigenvalue weighted by molar-refractivity contribution is 0.0926. The number of aliphatic imine (C=N–C) groups is 1. The van der Waals surface area contributed by atoms with Crippen LogP contribution in [-0.4, -0.2) is 16.5 Å². The van der Waals surface area contributed by atoms with Crippen molar-refractivity contribution >= 4 is 28.1 Å². The standard InChI is InChI=1S/C27H18N2O3/c30-25-19-14-13-18(15-19)24(28-22-7-3-1-5-20(22)25)16-9-11-17(12-10-16)26-29-23-8-4-2-6-21(23)27(31)32-26/h1-13,19H,14-15H2. The number of hydrogen-bond acceptors (Lipinski definition) is 5. The van der Waals surface area contributed by atoms with E-state index >= 15 is 0 Å². The molecule has 1 aromatic heterocycles. The second-order valence-electron chi connectivity index (χ2n) is 8.11. The fourth-order valence-corrected chi connectivity index (χ4v) is 4.46. The first kappa shape index (κ1) is 18.6. The maximum atomic E-state index is 12.9. The Hall–Kier alpha value is -4.12.